The van der Waals surface area contributed by atoms with E-state index in [2.05, 4.69) is 0 Å². The van der Waals surface area contributed by atoms with E-state index in [1.165, 1.54) is 6.07 Å². The highest BCUT2D eigenvalue weighted by Gasteiger charge is 2.31. The quantitative estimate of drug-likeness (QED) is 0.819. The lowest BCUT2D eigenvalue weighted by atomic mass is 10.2. The van der Waals surface area contributed by atoms with Gasteiger partial charge in [0.25, 0.3) is 0 Å². The predicted molar refractivity (Wildman–Crippen MR) is 60.3 cm³/mol. The van der Waals surface area contributed by atoms with Gasteiger partial charge in [-0.3, -0.25) is 0 Å². The Balaban J connectivity index is 2.69. The van der Waals surface area contributed by atoms with Gasteiger partial charge in [0, 0.05) is 11.1 Å². The third kappa shape index (κ3) is 1.58. The van der Waals surface area contributed by atoms with E-state index in [0.717, 1.165) is 0 Å². The molecule has 1 atom stereocenters. The highest BCUT2D eigenvalue weighted by atomic mass is 35.5. The Labute approximate surface area is 93.5 Å². The number of halogens is 1. The Morgan fingerprint density at radius 1 is 1.40 bits per heavy atom. The first-order valence-electron chi connectivity index (χ1n) is 4.45. The summed E-state index contributed by atoms with van der Waals surface area (Å²) in [6.45, 7) is 1.65. The Kier molecular flexibility index (Phi) is 2.37. The Bertz CT molecular complexity index is 547. The summed E-state index contributed by atoms with van der Waals surface area (Å²) in [7, 11) is -3.38. The number of hydrogen-bond donors (Lipinski definition) is 1. The van der Waals surface area contributed by atoms with E-state index < -0.39 is 15.9 Å². The van der Waals surface area contributed by atoms with Gasteiger partial charge in [0.1, 0.15) is 0 Å². The van der Waals surface area contributed by atoms with Crippen LogP contribution in [0.2, 0.25) is 5.02 Å². The Hall–Kier alpha value is -0.840. The fraction of sp³-hybridized carbons (Fsp3) is 0.200. The highest BCUT2D eigenvalue weighted by Crippen LogP contribution is 2.35. The van der Waals surface area contributed by atoms with E-state index in [9.17, 15) is 8.42 Å². The molecule has 1 heterocycles. The molecule has 1 unspecified atom stereocenters. The fourth-order valence-electron chi connectivity index (χ4n) is 1.61. The standard InChI is InChI=1S/C10H10ClNO2S/c1-6(12)10-5-7-4-8(11)2-3-9(7)15(10,13)14/h2-6H,12H2,1H3. The largest absolute Gasteiger partial charge is 0.324 e. The summed E-state index contributed by atoms with van der Waals surface area (Å²) in [5, 5.41) is 0.520. The summed E-state index contributed by atoms with van der Waals surface area (Å²) >= 11 is 5.79. The maximum atomic E-state index is 11.9. The van der Waals surface area contributed by atoms with Crippen LogP contribution >= 0.6 is 11.6 Å². The lowest BCUT2D eigenvalue weighted by Crippen LogP contribution is -2.21. The van der Waals surface area contributed by atoms with Gasteiger partial charge in [0.15, 0.2) is 0 Å². The molecule has 5 heteroatoms. The zero-order valence-corrected chi connectivity index (χ0v) is 9.64. The molecule has 15 heavy (non-hydrogen) atoms. The van der Waals surface area contributed by atoms with Gasteiger partial charge in [-0.2, -0.15) is 0 Å². The van der Waals surface area contributed by atoms with Crippen molar-refractivity contribution in [2.75, 3.05) is 0 Å². The van der Waals surface area contributed by atoms with Crippen LogP contribution in [0.5, 0.6) is 0 Å². The van der Waals surface area contributed by atoms with E-state index in [4.69, 9.17) is 17.3 Å². The van der Waals surface area contributed by atoms with Crippen LogP contribution in [0.25, 0.3) is 6.08 Å². The average molecular weight is 244 g/mol. The molecule has 1 aliphatic heterocycles. The normalized spacial score (nSPS) is 19.5. The van der Waals surface area contributed by atoms with Crippen LogP contribution in [0.3, 0.4) is 0 Å². The van der Waals surface area contributed by atoms with E-state index >= 15 is 0 Å². The molecular weight excluding hydrogens is 234 g/mol. The summed E-state index contributed by atoms with van der Waals surface area (Å²) in [5.41, 5.74) is 6.23. The van der Waals surface area contributed by atoms with Gasteiger partial charge in [-0.15, -0.1) is 0 Å². The summed E-state index contributed by atoms with van der Waals surface area (Å²) in [6, 6.07) is 4.21. The third-order valence-corrected chi connectivity index (χ3v) is 4.61. The van der Waals surface area contributed by atoms with Crippen LogP contribution in [0.4, 0.5) is 0 Å². The van der Waals surface area contributed by atoms with Crippen molar-refractivity contribution < 1.29 is 8.42 Å². The summed E-state index contributed by atoms with van der Waals surface area (Å²) in [5.74, 6) is 0. The first kappa shape index (κ1) is 10.7. The second kappa shape index (κ2) is 3.33. The first-order chi connectivity index (χ1) is 6.93. The van der Waals surface area contributed by atoms with Crippen molar-refractivity contribution in [1.82, 2.24) is 0 Å². The van der Waals surface area contributed by atoms with Crippen molar-refractivity contribution in [3.05, 3.63) is 33.7 Å². The van der Waals surface area contributed by atoms with Crippen molar-refractivity contribution in [3.63, 3.8) is 0 Å². The molecule has 0 amide bonds. The lowest BCUT2D eigenvalue weighted by molar-refractivity contribution is 0.600. The molecule has 2 rings (SSSR count). The van der Waals surface area contributed by atoms with Crippen molar-refractivity contribution >= 4 is 27.5 Å². The Morgan fingerprint density at radius 3 is 2.67 bits per heavy atom. The molecular formula is C10H10ClNO2S. The number of hydrogen-bond acceptors (Lipinski definition) is 3. The molecule has 1 aliphatic rings. The molecule has 0 fully saturated rings. The van der Waals surface area contributed by atoms with Gasteiger partial charge < -0.3 is 5.73 Å². The highest BCUT2D eigenvalue weighted by molar-refractivity contribution is 7.96. The van der Waals surface area contributed by atoms with Crippen LogP contribution in [0, 0.1) is 0 Å². The van der Waals surface area contributed by atoms with Crippen LogP contribution in [-0.2, 0) is 9.84 Å². The van der Waals surface area contributed by atoms with Gasteiger partial charge in [-0.1, -0.05) is 11.6 Å². The minimum atomic E-state index is -3.38. The summed E-state index contributed by atoms with van der Waals surface area (Å²) in [6.07, 6.45) is 1.58. The van der Waals surface area contributed by atoms with Crippen LogP contribution < -0.4 is 5.73 Å². The smallest absolute Gasteiger partial charge is 0.204 e. The molecule has 0 bridgehead atoms. The van der Waals surface area contributed by atoms with Crippen LogP contribution in [-0.4, -0.2) is 14.5 Å². The number of sulfone groups is 1. The van der Waals surface area contributed by atoms with Gasteiger partial charge in [-0.05, 0) is 36.8 Å². The topological polar surface area (TPSA) is 60.2 Å². The average Bonchev–Trinajstić information content (AvgIpc) is 2.37. The monoisotopic (exact) mass is 243 g/mol. The molecule has 0 radical (unpaired) electrons. The molecule has 0 saturated heterocycles. The second-order valence-electron chi connectivity index (χ2n) is 3.52. The summed E-state index contributed by atoms with van der Waals surface area (Å²) in [4.78, 5) is 0.541. The predicted octanol–water partition coefficient (Wildman–Crippen LogP) is 1.82. The maximum Gasteiger partial charge on any atom is 0.204 e. The maximum absolute atomic E-state index is 11.9. The van der Waals surface area contributed by atoms with Crippen LogP contribution in [0.15, 0.2) is 28.0 Å². The zero-order chi connectivity index (χ0) is 11.2. The molecule has 0 spiro atoms. The van der Waals surface area contributed by atoms with Crippen molar-refractivity contribution in [1.29, 1.82) is 0 Å². The SMILES string of the molecule is CC(N)C1=Cc2cc(Cl)ccc2S1(=O)=O. The van der Waals surface area contributed by atoms with Crippen LogP contribution in [0.1, 0.15) is 12.5 Å². The Morgan fingerprint density at radius 2 is 2.07 bits per heavy atom. The molecule has 1 aromatic carbocycles. The van der Waals surface area contributed by atoms with E-state index in [1.54, 1.807) is 25.1 Å². The number of rotatable bonds is 1. The third-order valence-electron chi connectivity index (χ3n) is 2.32. The van der Waals surface area contributed by atoms with E-state index in [-0.39, 0.29) is 4.91 Å². The molecule has 3 nitrogen and oxygen atoms in total. The van der Waals surface area contributed by atoms with Crippen molar-refractivity contribution in [2.24, 2.45) is 5.73 Å². The van der Waals surface area contributed by atoms with Gasteiger partial charge in [0.2, 0.25) is 9.84 Å². The van der Waals surface area contributed by atoms with Gasteiger partial charge >= 0.3 is 0 Å². The molecule has 1 aromatic rings. The van der Waals surface area contributed by atoms with Gasteiger partial charge in [0.05, 0.1) is 9.80 Å². The molecule has 0 aromatic heterocycles. The second-order valence-corrected chi connectivity index (χ2v) is 5.88. The first-order valence-corrected chi connectivity index (χ1v) is 6.31. The summed E-state index contributed by atoms with van der Waals surface area (Å²) < 4.78 is 23.9. The van der Waals surface area contributed by atoms with Gasteiger partial charge in [-0.25, -0.2) is 8.42 Å². The molecule has 80 valence electrons. The minimum absolute atomic E-state index is 0.250. The zero-order valence-electron chi connectivity index (χ0n) is 8.07. The lowest BCUT2D eigenvalue weighted by Gasteiger charge is -2.06. The number of fused-ring (bicyclic) bond motifs is 1. The van der Waals surface area contributed by atoms with E-state index in [0.29, 0.717) is 15.5 Å². The fourth-order valence-corrected chi connectivity index (χ4v) is 3.49. The molecule has 0 saturated carbocycles. The number of nitrogens with two attached hydrogens (primary N) is 1. The molecule has 2 N–H and O–H groups in total. The van der Waals surface area contributed by atoms with Crippen molar-refractivity contribution in [2.45, 2.75) is 17.9 Å². The minimum Gasteiger partial charge on any atom is -0.324 e. The molecule has 0 aliphatic carbocycles. The van der Waals surface area contributed by atoms with E-state index in [1.807, 2.05) is 0 Å². The number of benzene rings is 1. The van der Waals surface area contributed by atoms with Crippen molar-refractivity contribution in [3.8, 4) is 0 Å².